The molecule has 2 N–H and O–H groups in total. The van der Waals surface area contributed by atoms with Gasteiger partial charge in [0.2, 0.25) is 0 Å². The number of nitrogens with one attached hydrogen (secondary N) is 2. The van der Waals surface area contributed by atoms with E-state index in [1.54, 1.807) is 18.4 Å². The summed E-state index contributed by atoms with van der Waals surface area (Å²) in [5.41, 5.74) is 0. The number of halogens is 1. The van der Waals surface area contributed by atoms with Crippen LogP contribution in [0.2, 0.25) is 0 Å². The van der Waals surface area contributed by atoms with Gasteiger partial charge in [-0.25, -0.2) is 4.98 Å². The summed E-state index contributed by atoms with van der Waals surface area (Å²) in [7, 11) is 1.80. The molecule has 2 atom stereocenters. The van der Waals surface area contributed by atoms with Gasteiger partial charge in [0, 0.05) is 44.3 Å². The number of nitrogens with zero attached hydrogens (tertiary/aromatic N) is 3. The first-order chi connectivity index (χ1) is 11.1. The van der Waals surface area contributed by atoms with Gasteiger partial charge < -0.3 is 15.4 Å². The van der Waals surface area contributed by atoms with E-state index in [1.165, 1.54) is 4.88 Å². The zero-order valence-corrected chi connectivity index (χ0v) is 18.2. The lowest BCUT2D eigenvalue weighted by Crippen LogP contribution is -2.46. The highest BCUT2D eigenvalue weighted by molar-refractivity contribution is 14.0. The van der Waals surface area contributed by atoms with Gasteiger partial charge >= 0.3 is 0 Å². The van der Waals surface area contributed by atoms with E-state index in [9.17, 15) is 0 Å². The zero-order chi connectivity index (χ0) is 16.7. The highest BCUT2D eigenvalue weighted by Crippen LogP contribution is 2.11. The minimum Gasteiger partial charge on any atom is -0.373 e. The van der Waals surface area contributed by atoms with Crippen molar-refractivity contribution >= 4 is 41.3 Å². The summed E-state index contributed by atoms with van der Waals surface area (Å²) in [5.74, 6) is 0.835. The molecule has 0 saturated carbocycles. The number of aromatic nitrogens is 1. The first-order valence-electron chi connectivity index (χ1n) is 8.30. The number of hydrogen-bond donors (Lipinski definition) is 2. The molecule has 2 unspecified atom stereocenters. The molecule has 0 radical (unpaired) electrons. The van der Waals surface area contributed by atoms with E-state index in [2.05, 4.69) is 46.3 Å². The average molecular weight is 467 g/mol. The molecule has 138 valence electrons. The van der Waals surface area contributed by atoms with Crippen LogP contribution in [0.3, 0.4) is 0 Å². The molecular formula is C16H30IN5OS. The Morgan fingerprint density at radius 2 is 2.08 bits per heavy atom. The van der Waals surface area contributed by atoms with Crippen LogP contribution >= 0.6 is 35.3 Å². The Morgan fingerprint density at radius 1 is 1.38 bits per heavy atom. The van der Waals surface area contributed by atoms with Crippen LogP contribution in [0.5, 0.6) is 0 Å². The van der Waals surface area contributed by atoms with E-state index in [1.807, 2.05) is 6.20 Å². The van der Waals surface area contributed by atoms with Crippen LogP contribution in [-0.2, 0) is 11.3 Å². The molecular weight excluding hydrogens is 437 g/mol. The summed E-state index contributed by atoms with van der Waals surface area (Å²) in [6, 6.07) is 0. The van der Waals surface area contributed by atoms with Gasteiger partial charge in [-0.1, -0.05) is 0 Å². The lowest BCUT2D eigenvalue weighted by molar-refractivity contribution is -0.0679. The summed E-state index contributed by atoms with van der Waals surface area (Å²) >= 11 is 1.71. The maximum absolute atomic E-state index is 5.76. The van der Waals surface area contributed by atoms with E-state index >= 15 is 0 Å². The minimum atomic E-state index is 0. The number of hydrogen-bond acceptors (Lipinski definition) is 5. The topological polar surface area (TPSA) is 61.8 Å². The molecule has 0 aromatic carbocycles. The van der Waals surface area contributed by atoms with Crippen LogP contribution in [0.15, 0.2) is 11.2 Å². The number of aryl methyl sites for hydroxylation is 1. The van der Waals surface area contributed by atoms with Crippen molar-refractivity contribution in [2.45, 2.75) is 45.9 Å². The van der Waals surface area contributed by atoms with E-state index in [0.717, 1.165) is 50.1 Å². The van der Waals surface area contributed by atoms with Gasteiger partial charge in [-0.05, 0) is 27.2 Å². The standard InChI is InChI=1S/C16H29N5OS.HI/c1-12-10-21(11-13(2)22-12)7-5-6-18-16(17-4)20-9-15-19-8-14(3)23-15;/h8,12-13H,5-7,9-11H2,1-4H3,(H2,17,18,20);1H. The van der Waals surface area contributed by atoms with E-state index < -0.39 is 0 Å². The largest absolute Gasteiger partial charge is 0.373 e. The molecule has 24 heavy (non-hydrogen) atoms. The number of morpholine rings is 1. The Morgan fingerprint density at radius 3 is 2.67 bits per heavy atom. The van der Waals surface area contributed by atoms with Gasteiger partial charge in [0.05, 0.1) is 18.8 Å². The molecule has 1 aromatic rings. The van der Waals surface area contributed by atoms with Gasteiger partial charge in [0.1, 0.15) is 5.01 Å². The maximum Gasteiger partial charge on any atom is 0.191 e. The first-order valence-corrected chi connectivity index (χ1v) is 9.12. The highest BCUT2D eigenvalue weighted by Gasteiger charge is 2.21. The number of guanidine groups is 1. The smallest absolute Gasteiger partial charge is 0.191 e. The van der Waals surface area contributed by atoms with Crippen LogP contribution in [-0.4, -0.2) is 61.3 Å². The SMILES string of the molecule is CN=C(NCCCN1CC(C)OC(C)C1)NCc1ncc(C)s1.I. The second-order valence-electron chi connectivity index (χ2n) is 6.09. The van der Waals surface area contributed by atoms with Crippen molar-refractivity contribution in [2.75, 3.05) is 33.2 Å². The predicted molar refractivity (Wildman–Crippen MR) is 112 cm³/mol. The average Bonchev–Trinajstić information content (AvgIpc) is 2.91. The fourth-order valence-corrected chi connectivity index (χ4v) is 3.57. The Labute approximate surface area is 166 Å². The minimum absolute atomic E-state index is 0. The Bertz CT molecular complexity index is 500. The molecule has 1 fully saturated rings. The van der Waals surface area contributed by atoms with Crippen molar-refractivity contribution < 1.29 is 4.74 Å². The van der Waals surface area contributed by atoms with Crippen LogP contribution in [0, 0.1) is 6.92 Å². The maximum atomic E-state index is 5.76. The van der Waals surface area contributed by atoms with Crippen LogP contribution in [0.1, 0.15) is 30.2 Å². The van der Waals surface area contributed by atoms with Gasteiger partial charge in [0.25, 0.3) is 0 Å². The molecule has 2 rings (SSSR count). The van der Waals surface area contributed by atoms with E-state index in [0.29, 0.717) is 12.2 Å². The summed E-state index contributed by atoms with van der Waals surface area (Å²) in [6.07, 6.45) is 3.67. The van der Waals surface area contributed by atoms with Crippen LogP contribution < -0.4 is 10.6 Å². The highest BCUT2D eigenvalue weighted by atomic mass is 127. The molecule has 2 heterocycles. The summed E-state index contributed by atoms with van der Waals surface area (Å²) in [5, 5.41) is 7.76. The number of aliphatic imine (C=N–C) groups is 1. The van der Waals surface area contributed by atoms with Crippen molar-refractivity contribution in [3.8, 4) is 0 Å². The number of thiazole rings is 1. The summed E-state index contributed by atoms with van der Waals surface area (Å²) in [4.78, 5) is 12.3. The van der Waals surface area contributed by atoms with Crippen molar-refractivity contribution in [1.82, 2.24) is 20.5 Å². The fourth-order valence-electron chi connectivity index (χ4n) is 2.84. The van der Waals surface area contributed by atoms with E-state index in [4.69, 9.17) is 4.74 Å². The molecule has 0 amide bonds. The lowest BCUT2D eigenvalue weighted by Gasteiger charge is -2.35. The Balaban J connectivity index is 0.00000288. The lowest BCUT2D eigenvalue weighted by atomic mass is 10.2. The number of rotatable bonds is 6. The van der Waals surface area contributed by atoms with Crippen molar-refractivity contribution in [3.05, 3.63) is 16.1 Å². The van der Waals surface area contributed by atoms with Crippen LogP contribution in [0.25, 0.3) is 0 Å². The second kappa shape index (κ2) is 11.2. The molecule has 0 spiro atoms. The van der Waals surface area contributed by atoms with Crippen molar-refractivity contribution in [3.63, 3.8) is 0 Å². The Kier molecular flexibility index (Phi) is 10.1. The quantitative estimate of drug-likeness (QED) is 0.291. The second-order valence-corrected chi connectivity index (χ2v) is 7.41. The van der Waals surface area contributed by atoms with Crippen LogP contribution in [0.4, 0.5) is 0 Å². The number of ether oxygens (including phenoxy) is 1. The summed E-state index contributed by atoms with van der Waals surface area (Å²) < 4.78 is 5.76. The van der Waals surface area contributed by atoms with Crippen molar-refractivity contribution in [1.29, 1.82) is 0 Å². The van der Waals surface area contributed by atoms with Gasteiger partial charge in [0.15, 0.2) is 5.96 Å². The molecule has 6 nitrogen and oxygen atoms in total. The third-order valence-corrected chi connectivity index (χ3v) is 4.65. The molecule has 0 bridgehead atoms. The monoisotopic (exact) mass is 467 g/mol. The Hall–Kier alpha value is -0.450. The van der Waals surface area contributed by atoms with Crippen molar-refractivity contribution in [2.24, 2.45) is 4.99 Å². The predicted octanol–water partition coefficient (Wildman–Crippen LogP) is 2.23. The fraction of sp³-hybridized carbons (Fsp3) is 0.750. The third-order valence-electron chi connectivity index (χ3n) is 3.74. The van der Waals surface area contributed by atoms with Gasteiger partial charge in [-0.2, -0.15) is 0 Å². The normalized spacial score (nSPS) is 22.1. The molecule has 1 aromatic heterocycles. The summed E-state index contributed by atoms with van der Waals surface area (Å²) in [6.45, 7) is 11.1. The molecule has 0 aliphatic carbocycles. The molecule has 1 saturated heterocycles. The molecule has 1 aliphatic rings. The van der Waals surface area contributed by atoms with Gasteiger partial charge in [-0.3, -0.25) is 9.89 Å². The zero-order valence-electron chi connectivity index (χ0n) is 15.0. The third kappa shape index (κ3) is 7.62. The molecule has 1 aliphatic heterocycles. The first kappa shape index (κ1) is 21.6. The van der Waals surface area contributed by atoms with Gasteiger partial charge in [-0.15, -0.1) is 35.3 Å². The van der Waals surface area contributed by atoms with E-state index in [-0.39, 0.29) is 24.0 Å². The molecule has 8 heteroatoms.